The number of morpholine rings is 1. The number of sulfone groups is 1. The molecule has 1 N–H and O–H groups in total. The molecule has 10 heteroatoms. The summed E-state index contributed by atoms with van der Waals surface area (Å²) in [4.78, 5) is 24.7. The lowest BCUT2D eigenvalue weighted by Gasteiger charge is -2.40. The molecule has 6 rings (SSSR count). The fraction of sp³-hybridized carbons (Fsp3) is 0.459. The van der Waals surface area contributed by atoms with Gasteiger partial charge in [0.2, 0.25) is 0 Å². The molecule has 2 saturated heterocycles. The molecule has 250 valence electrons. The van der Waals surface area contributed by atoms with Gasteiger partial charge in [0.15, 0.2) is 9.84 Å². The first-order chi connectivity index (χ1) is 22.5. The van der Waals surface area contributed by atoms with Crippen LogP contribution in [0.3, 0.4) is 0 Å². The Balaban J connectivity index is 1.47. The number of fused-ring (bicyclic) bond motifs is 1. The maximum Gasteiger partial charge on any atom is 0.253 e. The molecular weight excluding hydrogens is 632 g/mol. The van der Waals surface area contributed by atoms with Crippen molar-refractivity contribution in [3.8, 4) is 0 Å². The molecule has 0 bridgehead atoms. The fourth-order valence-electron chi connectivity index (χ4n) is 6.99. The van der Waals surface area contributed by atoms with Crippen LogP contribution in [0.1, 0.15) is 73.6 Å². The number of carbonyl (C=O) groups is 1. The average Bonchev–Trinajstić information content (AvgIpc) is 3.85. The van der Waals surface area contributed by atoms with Crippen molar-refractivity contribution in [1.29, 1.82) is 0 Å². The van der Waals surface area contributed by atoms with Gasteiger partial charge in [0.1, 0.15) is 0 Å². The normalized spacial score (nSPS) is 19.4. The van der Waals surface area contributed by atoms with E-state index >= 15 is 0 Å². The van der Waals surface area contributed by atoms with E-state index in [0.717, 1.165) is 76.2 Å². The van der Waals surface area contributed by atoms with Crippen LogP contribution in [-0.2, 0) is 26.7 Å². The Labute approximate surface area is 283 Å². The molecule has 3 aromatic rings. The smallest absolute Gasteiger partial charge is 0.253 e. The first kappa shape index (κ1) is 33.8. The lowest BCUT2D eigenvalue weighted by molar-refractivity contribution is 0.000207. The summed E-state index contributed by atoms with van der Waals surface area (Å²) in [5.74, 6) is -0.248. The molecule has 1 saturated carbocycles. The minimum atomic E-state index is -3.74. The van der Waals surface area contributed by atoms with Crippen LogP contribution in [0.5, 0.6) is 0 Å². The number of carbonyl (C=O) groups excluding carboxylic acids is 1. The average molecular weight is 677 g/mol. The minimum absolute atomic E-state index is 0.0130. The maximum absolute atomic E-state index is 14.7. The first-order valence-corrected chi connectivity index (χ1v) is 18.6. The molecule has 0 unspecified atom stereocenters. The second-order valence-electron chi connectivity index (χ2n) is 13.3. The molecular formula is C37H45ClN4O4S. The van der Waals surface area contributed by atoms with Crippen LogP contribution in [0, 0.1) is 0 Å². The third-order valence-corrected chi connectivity index (χ3v) is 12.5. The number of pyridine rings is 1. The first-order valence-electron chi connectivity index (χ1n) is 16.7. The number of amides is 1. The largest absolute Gasteiger partial charge is 0.379 e. The second-order valence-corrected chi connectivity index (χ2v) is 16.2. The number of hydrogen-bond donors (Lipinski definition) is 1. The van der Waals surface area contributed by atoms with E-state index in [1.54, 1.807) is 26.0 Å². The Hall–Kier alpha value is -3.08. The van der Waals surface area contributed by atoms with Gasteiger partial charge in [-0.2, -0.15) is 0 Å². The van der Waals surface area contributed by atoms with Crippen LogP contribution in [-0.4, -0.2) is 79.8 Å². The molecule has 3 heterocycles. The zero-order chi connectivity index (χ0) is 33.3. The zero-order valence-corrected chi connectivity index (χ0v) is 29.2. The summed E-state index contributed by atoms with van der Waals surface area (Å²) in [6.07, 6.45) is 7.51. The van der Waals surface area contributed by atoms with E-state index in [9.17, 15) is 13.2 Å². The SMILES string of the molecule is C=C(/C=C\C)c1nc2cc(Cl)c(S(=O)(=O)C(C)C)cc2c(C(=O)NC2(c3ccccc3)CC2)c1CN1CCC(N2CCOCC2)CC1. The molecule has 8 nitrogen and oxygen atoms in total. The van der Waals surface area contributed by atoms with Gasteiger partial charge in [0.25, 0.3) is 5.91 Å². The van der Waals surface area contributed by atoms with Crippen LogP contribution in [0.2, 0.25) is 5.02 Å². The standard InChI is InChI=1S/C37H45ClN4O4S/c1-5-9-26(4)35-30(24-41-16-12-28(13-17-41)42-18-20-46-21-19-42)34(36(43)40-37(14-15-37)27-10-7-6-8-11-27)29-22-33(47(44,45)25(2)3)31(38)23-32(29)39-35/h5-11,22-23,25,28H,4,12-21,24H2,1-3H3,(H,40,43)/b9-5-. The highest BCUT2D eigenvalue weighted by Crippen LogP contribution is 2.46. The van der Waals surface area contributed by atoms with Gasteiger partial charge in [-0.15, -0.1) is 0 Å². The van der Waals surface area contributed by atoms with Gasteiger partial charge in [-0.3, -0.25) is 14.6 Å². The fourth-order valence-corrected chi connectivity index (χ4v) is 8.59. The molecule has 0 radical (unpaired) electrons. The monoisotopic (exact) mass is 676 g/mol. The molecule has 2 aliphatic heterocycles. The quantitative estimate of drug-likeness (QED) is 0.250. The molecule has 0 atom stereocenters. The molecule has 1 aliphatic carbocycles. The predicted molar refractivity (Wildman–Crippen MR) is 188 cm³/mol. The number of halogens is 1. The summed E-state index contributed by atoms with van der Waals surface area (Å²) >= 11 is 6.65. The van der Waals surface area contributed by atoms with Crippen molar-refractivity contribution >= 4 is 43.8 Å². The zero-order valence-electron chi connectivity index (χ0n) is 27.6. The molecule has 47 heavy (non-hydrogen) atoms. The van der Waals surface area contributed by atoms with Crippen LogP contribution in [0.4, 0.5) is 0 Å². The van der Waals surface area contributed by atoms with E-state index in [-0.39, 0.29) is 15.8 Å². The number of allylic oxidation sites excluding steroid dienone is 3. The second kappa shape index (κ2) is 13.8. The van der Waals surface area contributed by atoms with Gasteiger partial charge in [-0.1, -0.05) is 60.7 Å². The predicted octanol–water partition coefficient (Wildman–Crippen LogP) is 6.38. The summed E-state index contributed by atoms with van der Waals surface area (Å²) in [5, 5.41) is 3.26. The molecule has 3 fully saturated rings. The Morgan fingerprint density at radius 3 is 2.43 bits per heavy atom. The lowest BCUT2D eigenvalue weighted by Crippen LogP contribution is -2.49. The van der Waals surface area contributed by atoms with Crippen molar-refractivity contribution in [2.45, 2.75) is 74.7 Å². The van der Waals surface area contributed by atoms with E-state index in [1.165, 1.54) is 0 Å². The molecule has 0 spiro atoms. The van der Waals surface area contributed by atoms with Crippen molar-refractivity contribution in [3.63, 3.8) is 0 Å². The highest BCUT2D eigenvalue weighted by Gasteiger charge is 2.46. The molecule has 2 aromatic carbocycles. The summed E-state index contributed by atoms with van der Waals surface area (Å²) in [5.41, 5.74) is 3.54. The molecule has 1 amide bonds. The minimum Gasteiger partial charge on any atom is -0.379 e. The Kier molecular flexibility index (Phi) is 9.93. The highest BCUT2D eigenvalue weighted by molar-refractivity contribution is 7.92. The highest BCUT2D eigenvalue weighted by atomic mass is 35.5. The van der Waals surface area contributed by atoms with E-state index in [1.807, 2.05) is 49.4 Å². The summed E-state index contributed by atoms with van der Waals surface area (Å²) < 4.78 is 32.5. The number of likely N-dealkylation sites (tertiary alicyclic amines) is 1. The number of piperidine rings is 1. The molecule has 3 aliphatic rings. The molecule has 1 aromatic heterocycles. The summed E-state index contributed by atoms with van der Waals surface area (Å²) in [6.45, 7) is 15.2. The van der Waals surface area contributed by atoms with Crippen molar-refractivity contribution in [3.05, 3.63) is 88.6 Å². The van der Waals surface area contributed by atoms with E-state index in [2.05, 4.69) is 21.7 Å². The van der Waals surface area contributed by atoms with Crippen LogP contribution >= 0.6 is 11.6 Å². The number of aromatic nitrogens is 1. The van der Waals surface area contributed by atoms with Crippen LogP contribution in [0.15, 0.2) is 66.1 Å². The number of rotatable bonds is 10. The summed E-state index contributed by atoms with van der Waals surface area (Å²) in [7, 11) is -3.74. The van der Waals surface area contributed by atoms with Crippen molar-refractivity contribution in [2.75, 3.05) is 39.4 Å². The van der Waals surface area contributed by atoms with Crippen molar-refractivity contribution < 1.29 is 17.9 Å². The van der Waals surface area contributed by atoms with Gasteiger partial charge in [-0.05, 0) is 82.8 Å². The number of benzene rings is 2. The summed E-state index contributed by atoms with van der Waals surface area (Å²) in [6, 6.07) is 13.7. The van der Waals surface area contributed by atoms with E-state index in [0.29, 0.717) is 40.3 Å². The number of nitrogens with zero attached hydrogens (tertiary/aromatic N) is 3. The van der Waals surface area contributed by atoms with Crippen LogP contribution in [0.25, 0.3) is 16.5 Å². The third kappa shape index (κ3) is 6.92. The Bertz CT molecular complexity index is 1790. The van der Waals surface area contributed by atoms with Crippen molar-refractivity contribution in [1.82, 2.24) is 20.1 Å². The number of ether oxygens (including phenoxy) is 1. The Morgan fingerprint density at radius 2 is 1.81 bits per heavy atom. The maximum atomic E-state index is 14.7. The topological polar surface area (TPSA) is 91.8 Å². The van der Waals surface area contributed by atoms with Gasteiger partial charge < -0.3 is 10.1 Å². The van der Waals surface area contributed by atoms with Gasteiger partial charge in [0.05, 0.1) is 50.7 Å². The van der Waals surface area contributed by atoms with E-state index in [4.69, 9.17) is 21.3 Å². The number of hydrogen-bond acceptors (Lipinski definition) is 7. The van der Waals surface area contributed by atoms with Gasteiger partial charge in [-0.25, -0.2) is 13.4 Å². The van der Waals surface area contributed by atoms with Gasteiger partial charge in [0, 0.05) is 36.6 Å². The number of nitrogens with one attached hydrogen (secondary N) is 1. The van der Waals surface area contributed by atoms with Gasteiger partial charge >= 0.3 is 0 Å². The Morgan fingerprint density at radius 1 is 1.13 bits per heavy atom. The third-order valence-electron chi connectivity index (χ3n) is 9.90. The lowest BCUT2D eigenvalue weighted by atomic mass is 9.94. The van der Waals surface area contributed by atoms with Crippen LogP contribution < -0.4 is 5.32 Å². The van der Waals surface area contributed by atoms with Crippen molar-refractivity contribution in [2.24, 2.45) is 0 Å². The van der Waals surface area contributed by atoms with E-state index < -0.39 is 20.6 Å².